The van der Waals surface area contributed by atoms with E-state index >= 15 is 0 Å². The number of fused-ring (bicyclic) bond motifs is 6. The lowest BCUT2D eigenvalue weighted by Gasteiger charge is -2.19. The molecular weight excluding hydrogens is 585 g/mol. The highest BCUT2D eigenvalue weighted by atomic mass is 15.0. The molecule has 0 spiro atoms. The molecule has 1 aliphatic rings. The summed E-state index contributed by atoms with van der Waals surface area (Å²) in [7, 11) is 0. The van der Waals surface area contributed by atoms with E-state index in [1.54, 1.807) is 12.1 Å². The fraction of sp³-hybridized carbons (Fsp3) is 0.0455. The van der Waals surface area contributed by atoms with Crippen molar-refractivity contribution < 1.29 is 0 Å². The summed E-state index contributed by atoms with van der Waals surface area (Å²) in [5, 5.41) is 23.4. The second-order valence-corrected chi connectivity index (χ2v) is 12.1. The van der Waals surface area contributed by atoms with Gasteiger partial charge in [-0.15, -0.1) is 0 Å². The molecule has 9 rings (SSSR count). The summed E-state index contributed by atoms with van der Waals surface area (Å²) in [5.74, 6) is 0. The first-order valence-corrected chi connectivity index (χ1v) is 16.0. The van der Waals surface area contributed by atoms with Gasteiger partial charge < -0.3 is 9.13 Å². The average molecular weight is 611 g/mol. The molecule has 1 aliphatic carbocycles. The molecule has 0 radical (unpaired) electrons. The van der Waals surface area contributed by atoms with Gasteiger partial charge in [-0.25, -0.2) is 0 Å². The Bertz CT molecular complexity index is 2630. The summed E-state index contributed by atoms with van der Waals surface area (Å²) in [6.45, 7) is 0. The number of para-hydroxylation sites is 3. The molecule has 0 N–H and O–H groups in total. The Morgan fingerprint density at radius 2 is 1.25 bits per heavy atom. The Labute approximate surface area is 278 Å². The molecule has 2 aromatic heterocycles. The van der Waals surface area contributed by atoms with E-state index < -0.39 is 0 Å². The van der Waals surface area contributed by atoms with E-state index in [0.29, 0.717) is 12.0 Å². The first kappa shape index (κ1) is 27.5. The number of aromatic nitrogens is 2. The predicted molar refractivity (Wildman–Crippen MR) is 193 cm³/mol. The minimum Gasteiger partial charge on any atom is -0.312 e. The van der Waals surface area contributed by atoms with Gasteiger partial charge in [0.25, 0.3) is 0 Å². The van der Waals surface area contributed by atoms with Gasteiger partial charge in [0.2, 0.25) is 0 Å². The Kier molecular flexibility index (Phi) is 6.26. The third-order valence-corrected chi connectivity index (χ3v) is 9.58. The summed E-state index contributed by atoms with van der Waals surface area (Å²) in [6.07, 6.45) is 3.47. The predicted octanol–water partition coefficient (Wildman–Crippen LogP) is 10.4. The molecule has 0 bridgehead atoms. The molecular formula is C44H26N4. The van der Waals surface area contributed by atoms with E-state index in [1.807, 2.05) is 12.1 Å². The van der Waals surface area contributed by atoms with Crippen LogP contribution in [0.5, 0.6) is 0 Å². The maximum atomic E-state index is 10.1. The number of rotatable bonds is 4. The molecule has 222 valence electrons. The fourth-order valence-corrected chi connectivity index (χ4v) is 7.39. The third-order valence-electron chi connectivity index (χ3n) is 9.58. The van der Waals surface area contributed by atoms with Crippen LogP contribution in [0.25, 0.3) is 72.4 Å². The number of allylic oxidation sites excluding steroid dienone is 1. The van der Waals surface area contributed by atoms with Crippen LogP contribution >= 0.6 is 0 Å². The van der Waals surface area contributed by atoms with Gasteiger partial charge in [-0.05, 0) is 78.6 Å². The molecule has 0 atom stereocenters. The van der Waals surface area contributed by atoms with E-state index in [9.17, 15) is 10.5 Å². The fourth-order valence-electron chi connectivity index (χ4n) is 7.39. The first-order chi connectivity index (χ1) is 23.7. The Morgan fingerprint density at radius 3 is 1.94 bits per heavy atom. The van der Waals surface area contributed by atoms with Crippen molar-refractivity contribution in [3.63, 3.8) is 0 Å². The van der Waals surface area contributed by atoms with Crippen molar-refractivity contribution in [1.29, 1.82) is 10.5 Å². The van der Waals surface area contributed by atoms with Gasteiger partial charge in [-0.2, -0.15) is 10.5 Å². The van der Waals surface area contributed by atoms with Crippen LogP contribution in [0.3, 0.4) is 0 Å². The second kappa shape index (κ2) is 10.9. The molecule has 0 fully saturated rings. The van der Waals surface area contributed by atoms with Crippen molar-refractivity contribution in [2.24, 2.45) is 0 Å². The lowest BCUT2D eigenvalue weighted by molar-refractivity contribution is 0.872. The summed E-state index contributed by atoms with van der Waals surface area (Å²) >= 11 is 0. The number of benzene rings is 5. The smallest absolute Gasteiger partial charge is 0.100 e. The molecule has 2 heterocycles. The number of nitrogens with zero attached hydrogens (tertiary/aromatic N) is 4. The molecule has 4 heteroatoms. The van der Waals surface area contributed by atoms with E-state index in [-0.39, 0.29) is 0 Å². The Balaban J connectivity index is 1.25. The van der Waals surface area contributed by atoms with Gasteiger partial charge in [-0.1, -0.05) is 91.0 Å². The van der Waals surface area contributed by atoms with Crippen LogP contribution in [0.15, 0.2) is 133 Å². The Morgan fingerprint density at radius 1 is 0.604 bits per heavy atom. The lowest BCUT2D eigenvalue weighted by Crippen LogP contribution is -2.06. The normalized spacial score (nSPS) is 12.3. The van der Waals surface area contributed by atoms with Crippen molar-refractivity contribution in [2.45, 2.75) is 12.8 Å². The molecule has 0 unspecified atom stereocenters. The van der Waals surface area contributed by atoms with Crippen molar-refractivity contribution in [1.82, 2.24) is 9.13 Å². The molecule has 6 aromatic carbocycles. The lowest BCUT2D eigenvalue weighted by atomic mass is 9.95. The highest BCUT2D eigenvalue weighted by molar-refractivity contribution is 6.09. The maximum absolute atomic E-state index is 10.1. The highest BCUT2D eigenvalue weighted by Crippen LogP contribution is 2.41. The van der Waals surface area contributed by atoms with E-state index in [1.165, 1.54) is 21.8 Å². The standard InChI is InChI=1S/C44H26N4/c45-27-29-17-24-43-39(25-29)37-13-5-8-16-42(37)48(43)44-26-31(20-23-38(44)34-10-2-1-9-32(34)28-46)30-18-21-33(22-19-30)47-40-14-6-3-11-35(40)36-12-4-7-15-41(36)47/h1,3-9,11-16,18-23,25-26H,17,24H2. The summed E-state index contributed by atoms with van der Waals surface area (Å²) in [5.41, 5.74) is 12.9. The number of hydrogen-bond acceptors (Lipinski definition) is 2. The van der Waals surface area contributed by atoms with Crippen molar-refractivity contribution in [2.75, 3.05) is 0 Å². The molecule has 48 heavy (non-hydrogen) atoms. The van der Waals surface area contributed by atoms with Gasteiger partial charge in [0.1, 0.15) is 6.07 Å². The average Bonchev–Trinajstić information content (AvgIpc) is 3.67. The molecule has 0 amide bonds. The molecule has 4 nitrogen and oxygen atoms in total. The number of nitriles is 2. The maximum Gasteiger partial charge on any atom is 0.100 e. The van der Waals surface area contributed by atoms with Gasteiger partial charge >= 0.3 is 0 Å². The molecule has 0 saturated carbocycles. The van der Waals surface area contributed by atoms with Crippen LogP contribution in [0.2, 0.25) is 0 Å². The van der Waals surface area contributed by atoms with E-state index in [2.05, 4.69) is 143 Å². The topological polar surface area (TPSA) is 57.4 Å². The second-order valence-electron chi connectivity index (χ2n) is 12.1. The monoisotopic (exact) mass is 610 g/mol. The van der Waals surface area contributed by atoms with Crippen LogP contribution in [0.1, 0.15) is 23.2 Å². The van der Waals surface area contributed by atoms with Crippen LogP contribution in [-0.2, 0) is 6.42 Å². The third kappa shape index (κ3) is 4.16. The van der Waals surface area contributed by atoms with Crippen molar-refractivity contribution >= 4 is 38.8 Å². The molecule has 0 saturated heterocycles. The van der Waals surface area contributed by atoms with E-state index in [0.717, 1.165) is 67.8 Å². The van der Waals surface area contributed by atoms with Gasteiger partial charge in [0, 0.05) is 44.2 Å². The Hall–Kier alpha value is -6.80. The van der Waals surface area contributed by atoms with Crippen LogP contribution < -0.4 is 0 Å². The minimum atomic E-state index is 0.551. The molecule has 0 aliphatic heterocycles. The van der Waals surface area contributed by atoms with Gasteiger partial charge in [-0.3, -0.25) is 0 Å². The van der Waals surface area contributed by atoms with Crippen LogP contribution in [0.4, 0.5) is 0 Å². The largest absolute Gasteiger partial charge is 0.312 e. The summed E-state index contributed by atoms with van der Waals surface area (Å²) in [6, 6.07) is 55.3. The summed E-state index contributed by atoms with van der Waals surface area (Å²) < 4.78 is 4.65. The quantitative estimate of drug-likeness (QED) is 0.199. The minimum absolute atomic E-state index is 0.551. The zero-order valence-electron chi connectivity index (χ0n) is 25.9. The SMILES string of the molecule is N#CC1=Cc2c(n(-c3cc(-c4ccc(-n5c6ccccc6c6ccccc65)cc4)ccc3-c3c#cccc3C#N)c3ccccc23)CC1. The zero-order chi connectivity index (χ0) is 32.2. The van der Waals surface area contributed by atoms with Crippen LogP contribution in [-0.4, -0.2) is 9.13 Å². The summed E-state index contributed by atoms with van der Waals surface area (Å²) in [4.78, 5) is 0. The van der Waals surface area contributed by atoms with Crippen LogP contribution in [0, 0.1) is 34.8 Å². The zero-order valence-corrected chi connectivity index (χ0v) is 25.9. The van der Waals surface area contributed by atoms with Gasteiger partial charge in [0.15, 0.2) is 0 Å². The number of hydrogen-bond donors (Lipinski definition) is 0. The highest BCUT2D eigenvalue weighted by Gasteiger charge is 2.24. The first-order valence-electron chi connectivity index (χ1n) is 16.0. The van der Waals surface area contributed by atoms with Crippen molar-refractivity contribution in [3.05, 3.63) is 162 Å². The van der Waals surface area contributed by atoms with Crippen molar-refractivity contribution in [3.8, 4) is 45.8 Å². The van der Waals surface area contributed by atoms with Gasteiger partial charge in [0.05, 0.1) is 39.4 Å². The van der Waals surface area contributed by atoms with E-state index in [4.69, 9.17) is 0 Å². The molecule has 8 aromatic rings.